The third-order valence-corrected chi connectivity index (χ3v) is 4.29. The maximum atomic E-state index is 12.5. The molecular formula is C22H29N3O2. The molecule has 0 atom stereocenters. The minimum atomic E-state index is -0.334. The smallest absolute Gasteiger partial charge is 0.274 e. The Bertz CT molecular complexity index is 777. The molecule has 1 aromatic carbocycles. The Morgan fingerprint density at radius 2 is 1.56 bits per heavy atom. The fourth-order valence-corrected chi connectivity index (χ4v) is 2.60. The van der Waals surface area contributed by atoms with Gasteiger partial charge in [0, 0.05) is 12.2 Å². The minimum Gasteiger partial charge on any atom is -0.351 e. The highest BCUT2D eigenvalue weighted by molar-refractivity contribution is 6.03. The molecule has 144 valence electrons. The lowest BCUT2D eigenvalue weighted by atomic mass is 9.87. The van der Waals surface area contributed by atoms with Gasteiger partial charge in [-0.1, -0.05) is 58.7 Å². The highest BCUT2D eigenvalue weighted by Crippen LogP contribution is 2.23. The van der Waals surface area contributed by atoms with E-state index >= 15 is 0 Å². The van der Waals surface area contributed by atoms with Crippen LogP contribution in [0.2, 0.25) is 0 Å². The summed E-state index contributed by atoms with van der Waals surface area (Å²) in [5.41, 5.74) is 2.42. The molecule has 0 unspecified atom stereocenters. The maximum absolute atomic E-state index is 12.5. The van der Waals surface area contributed by atoms with Gasteiger partial charge < -0.3 is 10.6 Å². The molecule has 0 bridgehead atoms. The molecule has 0 spiro atoms. The zero-order valence-corrected chi connectivity index (χ0v) is 16.6. The van der Waals surface area contributed by atoms with Crippen LogP contribution in [0.4, 0.5) is 5.69 Å². The fraction of sp³-hybridized carbons (Fsp3) is 0.409. The molecule has 0 saturated carbocycles. The van der Waals surface area contributed by atoms with Crippen LogP contribution in [0.25, 0.3) is 0 Å². The van der Waals surface area contributed by atoms with Crippen LogP contribution in [0.1, 0.15) is 73.5 Å². The van der Waals surface area contributed by atoms with Crippen LogP contribution in [-0.4, -0.2) is 23.3 Å². The van der Waals surface area contributed by atoms with E-state index in [4.69, 9.17) is 0 Å². The Labute approximate surface area is 161 Å². The molecule has 2 N–H and O–H groups in total. The number of nitrogens with one attached hydrogen (secondary N) is 2. The first-order chi connectivity index (χ1) is 12.8. The van der Waals surface area contributed by atoms with Gasteiger partial charge in [-0.05, 0) is 41.7 Å². The van der Waals surface area contributed by atoms with Crippen molar-refractivity contribution in [1.82, 2.24) is 10.3 Å². The maximum Gasteiger partial charge on any atom is 0.274 e. The van der Waals surface area contributed by atoms with E-state index in [9.17, 15) is 9.59 Å². The van der Waals surface area contributed by atoms with E-state index in [2.05, 4.69) is 43.3 Å². The predicted molar refractivity (Wildman–Crippen MR) is 109 cm³/mol. The van der Waals surface area contributed by atoms with Crippen LogP contribution in [-0.2, 0) is 5.41 Å². The summed E-state index contributed by atoms with van der Waals surface area (Å²) in [5.74, 6) is -0.588. The second kappa shape index (κ2) is 9.31. The first-order valence-corrected chi connectivity index (χ1v) is 9.48. The number of unbranched alkanes of at least 4 members (excludes halogenated alkanes) is 2. The number of carbonyl (C=O) groups is 2. The summed E-state index contributed by atoms with van der Waals surface area (Å²) in [6.45, 7) is 9.16. The van der Waals surface area contributed by atoms with Gasteiger partial charge in [0.1, 0.15) is 11.4 Å². The molecule has 27 heavy (non-hydrogen) atoms. The Kier molecular flexibility index (Phi) is 7.11. The standard InChI is InChI=1S/C22H29N3O2/c1-5-6-7-15-23-20(26)18-9-8-10-19(25-18)21(27)24-17-13-11-16(12-14-17)22(2,3)4/h8-14H,5-7,15H2,1-4H3,(H,23,26)(H,24,27). The number of benzene rings is 1. The number of aromatic nitrogens is 1. The van der Waals surface area contributed by atoms with Gasteiger partial charge in [0.05, 0.1) is 0 Å². The van der Waals surface area contributed by atoms with E-state index < -0.39 is 0 Å². The number of rotatable bonds is 7. The lowest BCUT2D eigenvalue weighted by Crippen LogP contribution is -2.26. The number of anilines is 1. The molecular weight excluding hydrogens is 338 g/mol. The zero-order chi connectivity index (χ0) is 19.9. The van der Waals surface area contributed by atoms with Crippen molar-refractivity contribution < 1.29 is 9.59 Å². The number of hydrogen-bond acceptors (Lipinski definition) is 3. The van der Waals surface area contributed by atoms with Gasteiger partial charge in [0.25, 0.3) is 11.8 Å². The first kappa shape index (κ1) is 20.6. The number of pyridine rings is 1. The molecule has 0 aliphatic rings. The van der Waals surface area contributed by atoms with E-state index in [-0.39, 0.29) is 28.6 Å². The van der Waals surface area contributed by atoms with E-state index in [0.29, 0.717) is 12.2 Å². The van der Waals surface area contributed by atoms with Crippen LogP contribution in [0.15, 0.2) is 42.5 Å². The fourth-order valence-electron chi connectivity index (χ4n) is 2.60. The van der Waals surface area contributed by atoms with Crippen molar-refractivity contribution in [2.75, 3.05) is 11.9 Å². The van der Waals surface area contributed by atoms with E-state index in [1.54, 1.807) is 18.2 Å². The Hall–Kier alpha value is -2.69. The molecule has 1 aromatic heterocycles. The summed E-state index contributed by atoms with van der Waals surface area (Å²) in [4.78, 5) is 28.8. The molecule has 2 aromatic rings. The lowest BCUT2D eigenvalue weighted by molar-refractivity contribution is 0.0947. The van der Waals surface area contributed by atoms with Crippen LogP contribution < -0.4 is 10.6 Å². The van der Waals surface area contributed by atoms with Crippen LogP contribution in [0, 0.1) is 0 Å². The SMILES string of the molecule is CCCCCNC(=O)c1cccc(C(=O)Nc2ccc(C(C)(C)C)cc2)n1. The Morgan fingerprint density at radius 3 is 2.15 bits per heavy atom. The summed E-state index contributed by atoms with van der Waals surface area (Å²) >= 11 is 0. The van der Waals surface area contributed by atoms with Crippen molar-refractivity contribution in [3.05, 3.63) is 59.4 Å². The van der Waals surface area contributed by atoms with Crippen molar-refractivity contribution in [3.63, 3.8) is 0 Å². The molecule has 0 aliphatic heterocycles. The molecule has 2 rings (SSSR count). The molecule has 5 heteroatoms. The van der Waals surface area contributed by atoms with Crippen LogP contribution in [0.3, 0.4) is 0 Å². The number of carbonyl (C=O) groups excluding carboxylic acids is 2. The van der Waals surface area contributed by atoms with Gasteiger partial charge >= 0.3 is 0 Å². The van der Waals surface area contributed by atoms with Crippen molar-refractivity contribution >= 4 is 17.5 Å². The molecule has 0 fully saturated rings. The van der Waals surface area contributed by atoms with Gasteiger partial charge in [-0.3, -0.25) is 9.59 Å². The predicted octanol–water partition coefficient (Wildman–Crippen LogP) is 4.55. The van der Waals surface area contributed by atoms with Crippen molar-refractivity contribution in [2.45, 2.75) is 52.4 Å². The minimum absolute atomic E-state index is 0.0584. The third-order valence-electron chi connectivity index (χ3n) is 4.29. The highest BCUT2D eigenvalue weighted by atomic mass is 16.2. The second-order valence-electron chi connectivity index (χ2n) is 7.65. The molecule has 1 heterocycles. The number of nitrogens with zero attached hydrogens (tertiary/aromatic N) is 1. The summed E-state index contributed by atoms with van der Waals surface area (Å²) < 4.78 is 0. The molecule has 0 radical (unpaired) electrons. The van der Waals surface area contributed by atoms with Crippen LogP contribution >= 0.6 is 0 Å². The van der Waals surface area contributed by atoms with Gasteiger partial charge in [0.2, 0.25) is 0 Å². The Morgan fingerprint density at radius 1 is 0.926 bits per heavy atom. The topological polar surface area (TPSA) is 71.1 Å². The summed E-state index contributed by atoms with van der Waals surface area (Å²) in [6, 6.07) is 12.7. The van der Waals surface area contributed by atoms with Gasteiger partial charge in [0.15, 0.2) is 0 Å². The van der Waals surface area contributed by atoms with E-state index in [0.717, 1.165) is 19.3 Å². The lowest BCUT2D eigenvalue weighted by Gasteiger charge is -2.19. The van der Waals surface area contributed by atoms with E-state index in [1.807, 2.05) is 24.3 Å². The Balaban J connectivity index is 2.01. The number of hydrogen-bond donors (Lipinski definition) is 2. The molecule has 2 amide bonds. The molecule has 0 aliphatic carbocycles. The molecule has 0 saturated heterocycles. The summed E-state index contributed by atoms with van der Waals surface area (Å²) in [7, 11) is 0. The van der Waals surface area contributed by atoms with Crippen molar-refractivity contribution in [3.8, 4) is 0 Å². The van der Waals surface area contributed by atoms with E-state index in [1.165, 1.54) is 5.56 Å². The zero-order valence-electron chi connectivity index (χ0n) is 16.6. The summed E-state index contributed by atoms with van der Waals surface area (Å²) in [6.07, 6.45) is 3.11. The quantitative estimate of drug-likeness (QED) is 0.705. The average molecular weight is 367 g/mol. The van der Waals surface area contributed by atoms with Crippen molar-refractivity contribution in [2.24, 2.45) is 0 Å². The highest BCUT2D eigenvalue weighted by Gasteiger charge is 2.15. The van der Waals surface area contributed by atoms with Gasteiger partial charge in [-0.2, -0.15) is 0 Å². The number of amides is 2. The van der Waals surface area contributed by atoms with Gasteiger partial charge in [-0.25, -0.2) is 4.98 Å². The normalized spacial score (nSPS) is 11.1. The largest absolute Gasteiger partial charge is 0.351 e. The third kappa shape index (κ3) is 6.20. The molecule has 5 nitrogen and oxygen atoms in total. The van der Waals surface area contributed by atoms with Crippen molar-refractivity contribution in [1.29, 1.82) is 0 Å². The van der Waals surface area contributed by atoms with Gasteiger partial charge in [-0.15, -0.1) is 0 Å². The second-order valence-corrected chi connectivity index (χ2v) is 7.65. The average Bonchev–Trinajstić information content (AvgIpc) is 2.65. The summed E-state index contributed by atoms with van der Waals surface area (Å²) in [5, 5.41) is 5.67. The first-order valence-electron chi connectivity index (χ1n) is 9.48. The van der Waals surface area contributed by atoms with Crippen LogP contribution in [0.5, 0.6) is 0 Å². The monoisotopic (exact) mass is 367 g/mol.